The van der Waals surface area contributed by atoms with E-state index in [0.717, 1.165) is 22.3 Å². The fraction of sp³-hybridized carbons (Fsp3) is 0.0714. The highest BCUT2D eigenvalue weighted by Crippen LogP contribution is 2.37. The van der Waals surface area contributed by atoms with Gasteiger partial charge in [-0.1, -0.05) is 205 Å². The van der Waals surface area contributed by atoms with Crippen molar-refractivity contribution in [1.82, 2.24) is 9.13 Å². The average Bonchev–Trinajstić information content (AvgIpc) is 1.85. The normalized spacial score (nSPS) is 11.2. The topological polar surface area (TPSA) is 36.1 Å². The number of aromatic nitrogens is 2. The molecule has 0 atom stereocenters. The number of rotatable bonds is 1. The van der Waals surface area contributed by atoms with E-state index >= 15 is 0 Å². The van der Waals surface area contributed by atoms with Crippen LogP contribution in [0.25, 0.3) is 134 Å². The minimum atomic E-state index is 0.966. The second kappa shape index (κ2) is 24.9. The first-order valence-electron chi connectivity index (χ1n) is 30.6. The number of benzene rings is 13. The van der Waals surface area contributed by atoms with E-state index in [0.29, 0.717) is 0 Å². The minimum Gasteiger partial charge on any atom is -0.456 e. The zero-order valence-electron chi connectivity index (χ0n) is 51.2. The van der Waals surface area contributed by atoms with E-state index in [1.54, 1.807) is 0 Å². The van der Waals surface area contributed by atoms with Crippen molar-refractivity contribution < 1.29 is 8.83 Å². The van der Waals surface area contributed by atoms with Crippen LogP contribution in [-0.2, 0) is 7.05 Å². The Labute approximate surface area is 531 Å². The van der Waals surface area contributed by atoms with E-state index in [1.807, 2.05) is 65.1 Å². The Kier molecular flexibility index (Phi) is 15.9. The Morgan fingerprint density at radius 2 is 0.600 bits per heavy atom. The molecule has 6 heterocycles. The van der Waals surface area contributed by atoms with Crippen LogP contribution < -0.4 is 0 Å². The van der Waals surface area contributed by atoms with Gasteiger partial charge in [0.25, 0.3) is 0 Å². The maximum absolute atomic E-state index is 5.73. The number of fused-ring (bicyclic) bond motifs is 18. The highest BCUT2D eigenvalue weighted by Gasteiger charge is 2.13. The summed E-state index contributed by atoms with van der Waals surface area (Å²) in [5, 5.41) is 15.7. The van der Waals surface area contributed by atoms with Gasteiger partial charge in [0.05, 0.1) is 11.0 Å². The third-order valence-electron chi connectivity index (χ3n) is 16.8. The summed E-state index contributed by atoms with van der Waals surface area (Å²) in [4.78, 5) is 0. The monoisotopic (exact) mass is 1200 g/mol. The van der Waals surface area contributed by atoms with Gasteiger partial charge in [-0.05, 0) is 149 Å². The van der Waals surface area contributed by atoms with Gasteiger partial charge >= 0.3 is 0 Å². The first-order valence-corrected chi connectivity index (χ1v) is 32.2. The molecule has 0 aliphatic heterocycles. The SMILES string of the molecule is Cc1ccc2c(c1)c1ccccc1n2-c1ccccc1.Cc1ccc2c(c1)oc1ccccc12.Cc1ccc2c(c1)sc1ccccc12.Cc1ccc2oc3ccccc3c2c1.Cc1ccc2sc3ccccc3c2c1.Cn1c2ccccc2c2ccccc21. The molecule has 0 unspecified atom stereocenters. The molecule has 13 aromatic carbocycles. The summed E-state index contributed by atoms with van der Waals surface area (Å²) in [6.07, 6.45) is 0. The van der Waals surface area contributed by atoms with E-state index in [2.05, 4.69) is 300 Å². The fourth-order valence-corrected chi connectivity index (χ4v) is 14.7. The van der Waals surface area contributed by atoms with E-state index in [-0.39, 0.29) is 0 Å². The number of hydrogen-bond acceptors (Lipinski definition) is 4. The summed E-state index contributed by atoms with van der Waals surface area (Å²) < 4.78 is 21.6. The fourth-order valence-electron chi connectivity index (χ4n) is 12.4. The number of hydrogen-bond donors (Lipinski definition) is 0. The lowest BCUT2D eigenvalue weighted by Gasteiger charge is -2.07. The van der Waals surface area contributed by atoms with E-state index in [1.165, 1.54) is 139 Å². The second-order valence-electron chi connectivity index (χ2n) is 23.2. The molecule has 0 aliphatic carbocycles. The van der Waals surface area contributed by atoms with Crippen LogP contribution in [0.4, 0.5) is 0 Å². The van der Waals surface area contributed by atoms with Gasteiger partial charge < -0.3 is 18.0 Å². The van der Waals surface area contributed by atoms with Crippen molar-refractivity contribution in [3.05, 3.63) is 319 Å². The summed E-state index contributed by atoms with van der Waals surface area (Å²) in [6, 6.07) is 102. The van der Waals surface area contributed by atoms with Gasteiger partial charge in [-0.2, -0.15) is 0 Å². The molecular weight excluding hydrogens is 1130 g/mol. The molecule has 0 saturated heterocycles. The first-order chi connectivity index (χ1) is 44.1. The van der Waals surface area contributed by atoms with Crippen molar-refractivity contribution in [3.8, 4) is 5.69 Å². The van der Waals surface area contributed by atoms with Gasteiger partial charge in [0.2, 0.25) is 0 Å². The molecule has 0 aliphatic rings. The molecule has 0 saturated carbocycles. The maximum Gasteiger partial charge on any atom is 0.135 e. The molecule has 0 N–H and O–H groups in total. The van der Waals surface area contributed by atoms with Gasteiger partial charge in [0.15, 0.2) is 0 Å². The molecule has 19 aromatic rings. The number of furan rings is 2. The Morgan fingerprint density at radius 1 is 0.233 bits per heavy atom. The van der Waals surface area contributed by atoms with Crippen LogP contribution in [0, 0.1) is 34.6 Å². The van der Waals surface area contributed by atoms with Crippen LogP contribution in [0.3, 0.4) is 0 Å². The lowest BCUT2D eigenvalue weighted by Crippen LogP contribution is -1.92. The smallest absolute Gasteiger partial charge is 0.135 e. The Bertz CT molecular complexity index is 5480. The van der Waals surface area contributed by atoms with Gasteiger partial charge in [0.1, 0.15) is 22.3 Å². The summed E-state index contributed by atoms with van der Waals surface area (Å²) in [5.74, 6) is 0. The van der Waals surface area contributed by atoms with Crippen molar-refractivity contribution in [3.63, 3.8) is 0 Å². The van der Waals surface area contributed by atoms with Crippen molar-refractivity contribution >= 4 is 151 Å². The molecular formula is C84H66N2O2S2. The summed E-state index contributed by atoms with van der Waals surface area (Å²) >= 11 is 3.75. The Morgan fingerprint density at radius 3 is 1.24 bits per heavy atom. The highest BCUT2D eigenvalue weighted by atomic mass is 32.1. The third kappa shape index (κ3) is 11.4. The lowest BCUT2D eigenvalue weighted by molar-refractivity contribution is 0.668. The van der Waals surface area contributed by atoms with Crippen LogP contribution in [0.1, 0.15) is 27.8 Å². The van der Waals surface area contributed by atoms with E-state index < -0.39 is 0 Å². The second-order valence-corrected chi connectivity index (χ2v) is 25.4. The number of nitrogens with zero attached hydrogens (tertiary/aromatic N) is 2. The molecule has 19 rings (SSSR count). The molecule has 0 bridgehead atoms. The van der Waals surface area contributed by atoms with Gasteiger partial charge in [-0.15, -0.1) is 22.7 Å². The molecule has 90 heavy (non-hydrogen) atoms. The molecule has 6 heteroatoms. The van der Waals surface area contributed by atoms with E-state index in [4.69, 9.17) is 8.83 Å². The zero-order valence-corrected chi connectivity index (χ0v) is 52.9. The molecule has 6 aromatic heterocycles. The summed E-state index contributed by atoms with van der Waals surface area (Å²) in [5.41, 5.74) is 16.7. The molecule has 0 fully saturated rings. The minimum absolute atomic E-state index is 0.966. The Balaban J connectivity index is 0.0000000948. The van der Waals surface area contributed by atoms with Crippen LogP contribution in [-0.4, -0.2) is 9.13 Å². The van der Waals surface area contributed by atoms with Crippen LogP contribution >= 0.6 is 22.7 Å². The van der Waals surface area contributed by atoms with Crippen molar-refractivity contribution in [1.29, 1.82) is 0 Å². The van der Waals surface area contributed by atoms with Crippen molar-refractivity contribution in [2.45, 2.75) is 34.6 Å². The van der Waals surface area contributed by atoms with Gasteiger partial charge in [0, 0.05) is 107 Å². The number of aryl methyl sites for hydroxylation is 6. The molecule has 0 radical (unpaired) electrons. The lowest BCUT2D eigenvalue weighted by atomic mass is 10.1. The van der Waals surface area contributed by atoms with E-state index in [9.17, 15) is 0 Å². The highest BCUT2D eigenvalue weighted by molar-refractivity contribution is 7.26. The standard InChI is InChI=1S/C19H15N.C13H11N.2C13H10O.2C13H10S/c1-14-11-12-19-17(13-14)16-9-5-6-10-18(16)20(19)15-7-3-2-4-8-15;1-14-12-8-4-2-6-10(12)11-7-3-5-9-13(11)14;1-9-6-7-13-11(8-9)10-4-2-3-5-12(10)14-13;1-9-6-7-11-10-4-2-3-5-12(10)14-13(11)8-9;1-9-6-7-13-11(8-9)10-4-2-3-5-12(10)14-13;1-9-6-7-11-10-4-2-3-5-12(10)14-13(11)8-9/h2-13H,1H3;2-9H,1H3;4*2-8H,1H3. The molecule has 0 spiro atoms. The largest absolute Gasteiger partial charge is 0.456 e. The molecule has 4 nitrogen and oxygen atoms in total. The number of thiophene rings is 2. The van der Waals surface area contributed by atoms with Crippen molar-refractivity contribution in [2.24, 2.45) is 7.05 Å². The Hall–Kier alpha value is -10.5. The summed E-state index contributed by atoms with van der Waals surface area (Å²) in [6.45, 7) is 10.6. The number of para-hydroxylation sites is 6. The maximum atomic E-state index is 5.73. The van der Waals surface area contributed by atoms with Gasteiger partial charge in [-0.3, -0.25) is 0 Å². The molecule has 436 valence electrons. The molecule has 0 amide bonds. The summed E-state index contributed by atoms with van der Waals surface area (Å²) in [7, 11) is 2.12. The van der Waals surface area contributed by atoms with Crippen molar-refractivity contribution in [2.75, 3.05) is 0 Å². The van der Waals surface area contributed by atoms with Crippen LogP contribution in [0.15, 0.2) is 300 Å². The van der Waals surface area contributed by atoms with Crippen LogP contribution in [0.2, 0.25) is 0 Å². The first kappa shape index (κ1) is 57.3. The zero-order chi connectivity index (χ0) is 61.2. The quantitative estimate of drug-likeness (QED) is 0.164. The third-order valence-corrected chi connectivity index (χ3v) is 19.1. The predicted molar refractivity (Wildman–Crippen MR) is 391 cm³/mol. The van der Waals surface area contributed by atoms with Gasteiger partial charge in [-0.25, -0.2) is 0 Å². The predicted octanol–water partition coefficient (Wildman–Crippen LogP) is 24.9. The van der Waals surface area contributed by atoms with Crippen LogP contribution in [0.5, 0.6) is 0 Å². The average molecular weight is 1200 g/mol.